The summed E-state index contributed by atoms with van der Waals surface area (Å²) in [7, 11) is 1.66. The summed E-state index contributed by atoms with van der Waals surface area (Å²) in [5, 5.41) is 15.7. The molecule has 1 aliphatic heterocycles. The van der Waals surface area contributed by atoms with Crippen LogP contribution in [0.15, 0.2) is 36.4 Å². The number of phenols is 1. The summed E-state index contributed by atoms with van der Waals surface area (Å²) < 4.78 is 11.7. The third-order valence-electron chi connectivity index (χ3n) is 7.16. The fourth-order valence-electron chi connectivity index (χ4n) is 4.71. The van der Waals surface area contributed by atoms with Gasteiger partial charge in [0.05, 0.1) is 13.0 Å². The second-order valence-electron chi connectivity index (χ2n) is 9.50. The van der Waals surface area contributed by atoms with Crippen LogP contribution in [-0.4, -0.2) is 30.3 Å². The van der Waals surface area contributed by atoms with Gasteiger partial charge in [-0.05, 0) is 79.8 Å². The van der Waals surface area contributed by atoms with Gasteiger partial charge in [0.25, 0.3) is 0 Å². The maximum atomic E-state index is 12.9. The molecule has 5 heteroatoms. The van der Waals surface area contributed by atoms with Crippen molar-refractivity contribution in [3.8, 4) is 17.2 Å². The van der Waals surface area contributed by atoms with Gasteiger partial charge in [0.2, 0.25) is 5.91 Å². The van der Waals surface area contributed by atoms with E-state index in [0.29, 0.717) is 18.7 Å². The van der Waals surface area contributed by atoms with Crippen LogP contribution in [-0.2, 0) is 11.2 Å². The second kappa shape index (κ2) is 8.62. The molecule has 5 nitrogen and oxygen atoms in total. The Labute approximate surface area is 195 Å². The summed E-state index contributed by atoms with van der Waals surface area (Å²) in [6.45, 7) is 10.4. The van der Waals surface area contributed by atoms with Crippen molar-refractivity contribution in [2.75, 3.05) is 13.7 Å². The predicted molar refractivity (Wildman–Crippen MR) is 132 cm³/mol. The molecule has 33 heavy (non-hydrogen) atoms. The minimum absolute atomic E-state index is 0.00261. The molecule has 3 aromatic rings. The minimum atomic E-state index is -0.406. The van der Waals surface area contributed by atoms with E-state index < -0.39 is 5.60 Å². The van der Waals surface area contributed by atoms with E-state index in [0.717, 1.165) is 56.5 Å². The molecule has 2 N–H and O–H groups in total. The van der Waals surface area contributed by atoms with E-state index in [4.69, 9.17) is 9.47 Å². The molecule has 174 valence electrons. The number of hydrogen-bond donors (Lipinski definition) is 2. The molecule has 2 atom stereocenters. The van der Waals surface area contributed by atoms with Gasteiger partial charge in [-0.15, -0.1) is 0 Å². The molecule has 3 aromatic carbocycles. The van der Waals surface area contributed by atoms with E-state index in [2.05, 4.69) is 18.3 Å². The van der Waals surface area contributed by atoms with E-state index in [-0.39, 0.29) is 11.8 Å². The second-order valence-corrected chi connectivity index (χ2v) is 9.50. The van der Waals surface area contributed by atoms with Crippen molar-refractivity contribution < 1.29 is 19.4 Å². The summed E-state index contributed by atoms with van der Waals surface area (Å²) in [5.74, 6) is 1.81. The zero-order valence-corrected chi connectivity index (χ0v) is 20.3. The van der Waals surface area contributed by atoms with Crippen LogP contribution in [0.5, 0.6) is 17.2 Å². The van der Waals surface area contributed by atoms with Crippen LogP contribution in [0.3, 0.4) is 0 Å². The topological polar surface area (TPSA) is 67.8 Å². The number of benzene rings is 3. The minimum Gasteiger partial charge on any atom is -0.507 e. The maximum Gasteiger partial charge on any atom is 0.227 e. The van der Waals surface area contributed by atoms with Crippen molar-refractivity contribution in [1.29, 1.82) is 0 Å². The lowest BCUT2D eigenvalue weighted by Gasteiger charge is -2.25. The van der Waals surface area contributed by atoms with E-state index in [1.54, 1.807) is 7.11 Å². The Kier molecular flexibility index (Phi) is 6.00. The average Bonchev–Trinajstić information content (AvgIpc) is 3.17. The number of hydrogen-bond acceptors (Lipinski definition) is 4. The summed E-state index contributed by atoms with van der Waals surface area (Å²) >= 11 is 0. The number of methoxy groups -OCH3 is 1. The standard InChI is InChI=1S/C28H33NO4/c1-16-17(2)26-24(19(4)25(16)30)15-28(5,33-26)11-12-29-27(31)18(3)20-7-8-22-14-23(32-6)10-9-21(22)13-20/h7-10,13-14,18,30H,11-12,15H2,1-6H3,(H,29,31)/t18-,28+/m0/s1. The first-order chi connectivity index (χ1) is 15.6. The average molecular weight is 448 g/mol. The number of aromatic hydroxyl groups is 1. The molecular weight excluding hydrogens is 414 g/mol. The highest BCUT2D eigenvalue weighted by molar-refractivity contribution is 5.88. The van der Waals surface area contributed by atoms with Crippen molar-refractivity contribution in [2.45, 2.75) is 59.0 Å². The van der Waals surface area contributed by atoms with Crippen LogP contribution < -0.4 is 14.8 Å². The molecule has 1 heterocycles. The highest BCUT2D eigenvalue weighted by Gasteiger charge is 2.38. The Morgan fingerprint density at radius 2 is 1.82 bits per heavy atom. The van der Waals surface area contributed by atoms with Crippen LogP contribution in [0.1, 0.15) is 54.0 Å². The summed E-state index contributed by atoms with van der Waals surface area (Å²) in [4.78, 5) is 12.9. The van der Waals surface area contributed by atoms with Crippen LogP contribution in [0.2, 0.25) is 0 Å². The number of fused-ring (bicyclic) bond motifs is 2. The van der Waals surface area contributed by atoms with Crippen molar-refractivity contribution in [3.05, 3.63) is 64.2 Å². The van der Waals surface area contributed by atoms with Gasteiger partial charge in [0.1, 0.15) is 22.8 Å². The molecule has 0 saturated carbocycles. The number of rotatable bonds is 6. The molecule has 1 aliphatic rings. The quantitative estimate of drug-likeness (QED) is 0.525. The lowest BCUT2D eigenvalue weighted by atomic mass is 9.91. The maximum absolute atomic E-state index is 12.9. The van der Waals surface area contributed by atoms with Crippen molar-refractivity contribution in [2.24, 2.45) is 0 Å². The molecule has 0 bridgehead atoms. The Bertz CT molecular complexity index is 1190. The fourth-order valence-corrected chi connectivity index (χ4v) is 4.71. The van der Waals surface area contributed by atoms with Crippen LogP contribution in [0.4, 0.5) is 0 Å². The van der Waals surface area contributed by atoms with E-state index >= 15 is 0 Å². The zero-order chi connectivity index (χ0) is 23.9. The van der Waals surface area contributed by atoms with Crippen LogP contribution >= 0.6 is 0 Å². The lowest BCUT2D eigenvalue weighted by Crippen LogP contribution is -2.37. The molecule has 0 aromatic heterocycles. The van der Waals surface area contributed by atoms with Crippen molar-refractivity contribution in [1.82, 2.24) is 5.32 Å². The highest BCUT2D eigenvalue weighted by atomic mass is 16.5. The van der Waals surface area contributed by atoms with Gasteiger partial charge in [0.15, 0.2) is 0 Å². The Balaban J connectivity index is 1.39. The van der Waals surface area contributed by atoms with Crippen molar-refractivity contribution >= 4 is 16.7 Å². The number of carbonyl (C=O) groups is 1. The van der Waals surface area contributed by atoms with Gasteiger partial charge < -0.3 is 19.9 Å². The smallest absolute Gasteiger partial charge is 0.227 e. The van der Waals surface area contributed by atoms with E-state index in [9.17, 15) is 9.90 Å². The molecule has 0 aliphatic carbocycles. The SMILES string of the molecule is COc1ccc2cc([C@H](C)C(=O)NCC[C@]3(C)Cc4c(C)c(O)c(C)c(C)c4O3)ccc2c1. The van der Waals surface area contributed by atoms with E-state index in [1.807, 2.05) is 58.0 Å². The number of carbonyl (C=O) groups excluding carboxylic acids is 1. The fraction of sp³-hybridized carbons (Fsp3) is 0.393. The first kappa shape index (κ1) is 23.0. The summed E-state index contributed by atoms with van der Waals surface area (Å²) in [6, 6.07) is 12.0. The molecule has 0 fully saturated rings. The molecule has 0 spiro atoms. The Hall–Kier alpha value is -3.21. The van der Waals surface area contributed by atoms with E-state index in [1.165, 1.54) is 0 Å². The summed E-state index contributed by atoms with van der Waals surface area (Å²) in [6.07, 6.45) is 1.42. The third-order valence-corrected chi connectivity index (χ3v) is 7.16. The molecule has 0 radical (unpaired) electrons. The Morgan fingerprint density at radius 3 is 2.55 bits per heavy atom. The highest BCUT2D eigenvalue weighted by Crippen LogP contribution is 2.45. The molecular formula is C28H33NO4. The number of ether oxygens (including phenoxy) is 2. The first-order valence-corrected chi connectivity index (χ1v) is 11.5. The number of nitrogens with one attached hydrogen (secondary N) is 1. The largest absolute Gasteiger partial charge is 0.507 e. The monoisotopic (exact) mass is 447 g/mol. The molecule has 0 saturated heterocycles. The molecule has 1 amide bonds. The van der Waals surface area contributed by atoms with Crippen molar-refractivity contribution in [3.63, 3.8) is 0 Å². The van der Waals surface area contributed by atoms with Gasteiger partial charge >= 0.3 is 0 Å². The zero-order valence-electron chi connectivity index (χ0n) is 20.3. The normalized spacial score (nSPS) is 18.0. The predicted octanol–water partition coefficient (Wildman–Crippen LogP) is 5.48. The third kappa shape index (κ3) is 4.24. The number of amides is 1. The van der Waals surface area contributed by atoms with Crippen LogP contribution in [0, 0.1) is 20.8 Å². The van der Waals surface area contributed by atoms with Gasteiger partial charge in [-0.3, -0.25) is 4.79 Å². The summed E-state index contributed by atoms with van der Waals surface area (Å²) in [5.41, 5.74) is 4.40. The first-order valence-electron chi connectivity index (χ1n) is 11.5. The van der Waals surface area contributed by atoms with Gasteiger partial charge in [0, 0.05) is 24.9 Å². The molecule has 4 rings (SSSR count). The van der Waals surface area contributed by atoms with Gasteiger partial charge in [-0.25, -0.2) is 0 Å². The number of phenolic OH excluding ortho intramolecular Hbond substituents is 1. The lowest BCUT2D eigenvalue weighted by molar-refractivity contribution is -0.122. The Morgan fingerprint density at radius 1 is 1.12 bits per heavy atom. The van der Waals surface area contributed by atoms with Gasteiger partial charge in [-0.2, -0.15) is 0 Å². The molecule has 0 unspecified atom stereocenters. The van der Waals surface area contributed by atoms with Gasteiger partial charge in [-0.1, -0.05) is 24.3 Å². The van der Waals surface area contributed by atoms with Crippen LogP contribution in [0.25, 0.3) is 10.8 Å².